The normalized spacial score (nSPS) is 13.9. The molecule has 8 nitrogen and oxygen atoms in total. The fourth-order valence-corrected chi connectivity index (χ4v) is 3.76. The van der Waals surface area contributed by atoms with Crippen LogP contribution in [-0.2, 0) is 10.1 Å². The number of hydrogen-bond donors (Lipinski definition) is 2. The molecular weight excluding hydrogens is 442 g/mol. The van der Waals surface area contributed by atoms with Gasteiger partial charge in [0.25, 0.3) is 5.69 Å². The van der Waals surface area contributed by atoms with Crippen molar-refractivity contribution in [2.45, 2.75) is 0 Å². The Balaban J connectivity index is 0.000000471. The number of benzene rings is 3. The van der Waals surface area contributed by atoms with Crippen LogP contribution >= 0.6 is 0 Å². The number of nitrogens with one attached hydrogen (secondary N) is 2. The molecule has 0 radical (unpaired) electrons. The molecule has 1 aromatic heterocycles. The largest absolute Gasteiger partial charge is 0.748 e. The zero-order chi connectivity index (χ0) is 23.6. The molecule has 1 aliphatic heterocycles. The van der Waals surface area contributed by atoms with E-state index in [0.717, 1.165) is 44.4 Å². The van der Waals surface area contributed by atoms with Crippen molar-refractivity contribution in [2.75, 3.05) is 6.26 Å². The van der Waals surface area contributed by atoms with E-state index in [1.54, 1.807) is 12.1 Å². The highest BCUT2D eigenvalue weighted by Crippen LogP contribution is 2.37. The number of rotatable bonds is 3. The average Bonchev–Trinajstić information content (AvgIpc) is 3.39. The van der Waals surface area contributed by atoms with E-state index in [2.05, 4.69) is 22.1 Å². The van der Waals surface area contributed by atoms with Gasteiger partial charge in [-0.1, -0.05) is 30.3 Å². The predicted molar refractivity (Wildman–Crippen MR) is 126 cm³/mol. The van der Waals surface area contributed by atoms with Gasteiger partial charge in [-0.15, -0.1) is 0 Å². The SMILES string of the molecule is CS(=O)(=O)[O-].O=[N+]([O-])c1ccc(/C(=C2/C=[NH+]c3ccccc32)c2c[nH]c3ccccc23)cc1. The van der Waals surface area contributed by atoms with Gasteiger partial charge in [0.15, 0.2) is 6.21 Å². The maximum absolute atomic E-state index is 11.1. The number of allylic oxidation sites excluding steroid dienone is 1. The van der Waals surface area contributed by atoms with Gasteiger partial charge in [0, 0.05) is 52.7 Å². The fourth-order valence-electron chi connectivity index (χ4n) is 3.76. The molecule has 0 bridgehead atoms. The van der Waals surface area contributed by atoms with Gasteiger partial charge in [0.2, 0.25) is 5.69 Å². The van der Waals surface area contributed by atoms with Crippen LogP contribution in [0.15, 0.2) is 79.0 Å². The van der Waals surface area contributed by atoms with Gasteiger partial charge in [-0.2, -0.15) is 0 Å². The third kappa shape index (κ3) is 4.89. The molecule has 0 spiro atoms. The highest BCUT2D eigenvalue weighted by Gasteiger charge is 2.25. The number of para-hydroxylation sites is 2. The molecule has 2 heterocycles. The standard InChI is InChI=1S/C23H15N3O2.CH4O3S/c27-26(28)16-11-9-15(10-12-16)23(19-13-24-21-7-3-1-5-17(19)21)20-14-25-22-8-4-2-6-18(20)22;1-5(2,3)4/h1-14,24H;1H3,(H,2,3,4)/b23-20+;. The van der Waals surface area contributed by atoms with Gasteiger partial charge >= 0.3 is 0 Å². The Morgan fingerprint density at radius 1 is 0.970 bits per heavy atom. The first-order valence-electron chi connectivity index (χ1n) is 9.88. The Hall–Kier alpha value is -4.08. The van der Waals surface area contributed by atoms with E-state index >= 15 is 0 Å². The highest BCUT2D eigenvalue weighted by atomic mass is 32.2. The van der Waals surface area contributed by atoms with Crippen LogP contribution in [0.1, 0.15) is 16.7 Å². The summed E-state index contributed by atoms with van der Waals surface area (Å²) in [5.74, 6) is 0. The maximum atomic E-state index is 11.1. The Morgan fingerprint density at radius 2 is 1.61 bits per heavy atom. The van der Waals surface area contributed by atoms with E-state index in [1.807, 2.05) is 60.9 Å². The van der Waals surface area contributed by atoms with Crippen molar-refractivity contribution in [3.05, 3.63) is 106 Å². The highest BCUT2D eigenvalue weighted by molar-refractivity contribution is 7.84. The minimum atomic E-state index is -3.92. The summed E-state index contributed by atoms with van der Waals surface area (Å²) in [6, 6.07) is 23.0. The lowest BCUT2D eigenvalue weighted by Crippen LogP contribution is -2.58. The average molecular weight is 461 g/mol. The second kappa shape index (κ2) is 8.81. The summed E-state index contributed by atoms with van der Waals surface area (Å²) in [6.07, 6.45) is 4.61. The molecule has 0 fully saturated rings. The zero-order valence-corrected chi connectivity index (χ0v) is 18.3. The van der Waals surface area contributed by atoms with Crippen LogP contribution in [-0.4, -0.2) is 35.3 Å². The number of aromatic nitrogens is 1. The molecule has 4 aromatic rings. The number of non-ortho nitro benzene ring substituents is 1. The number of nitrogens with zero attached hydrogens (tertiary/aromatic N) is 1. The van der Waals surface area contributed by atoms with Crippen LogP contribution in [0, 0.1) is 10.1 Å². The molecular formula is C24H19N3O5S. The van der Waals surface area contributed by atoms with E-state index in [0.29, 0.717) is 6.26 Å². The molecule has 2 N–H and O–H groups in total. The predicted octanol–water partition coefficient (Wildman–Crippen LogP) is 2.99. The van der Waals surface area contributed by atoms with E-state index in [-0.39, 0.29) is 10.6 Å². The van der Waals surface area contributed by atoms with Crippen molar-refractivity contribution >= 4 is 49.8 Å². The third-order valence-corrected chi connectivity index (χ3v) is 5.08. The topological polar surface area (TPSA) is 130 Å². The second-order valence-corrected chi connectivity index (χ2v) is 8.79. The molecule has 166 valence electrons. The first-order chi connectivity index (χ1) is 15.7. The lowest BCUT2D eigenvalue weighted by Gasteiger charge is -2.10. The maximum Gasteiger partial charge on any atom is 0.269 e. The molecule has 0 amide bonds. The van der Waals surface area contributed by atoms with Gasteiger partial charge in [0.05, 0.1) is 26.2 Å². The van der Waals surface area contributed by atoms with Crippen molar-refractivity contribution in [3.8, 4) is 0 Å². The first-order valence-corrected chi connectivity index (χ1v) is 11.7. The minimum Gasteiger partial charge on any atom is -0.748 e. The van der Waals surface area contributed by atoms with Crippen LogP contribution < -0.4 is 4.99 Å². The Labute approximate surface area is 189 Å². The van der Waals surface area contributed by atoms with Gasteiger partial charge in [-0.3, -0.25) is 10.1 Å². The van der Waals surface area contributed by atoms with Crippen LogP contribution in [0.4, 0.5) is 11.4 Å². The van der Waals surface area contributed by atoms with Gasteiger partial charge in [-0.25, -0.2) is 13.4 Å². The summed E-state index contributed by atoms with van der Waals surface area (Å²) in [4.78, 5) is 17.4. The molecule has 0 aliphatic carbocycles. The third-order valence-electron chi connectivity index (χ3n) is 5.08. The van der Waals surface area contributed by atoms with Crippen molar-refractivity contribution in [3.63, 3.8) is 0 Å². The molecule has 0 unspecified atom stereocenters. The Bertz CT molecular complexity index is 1510. The Morgan fingerprint density at radius 3 is 2.30 bits per heavy atom. The molecule has 33 heavy (non-hydrogen) atoms. The summed E-state index contributed by atoms with van der Waals surface area (Å²) in [7, 11) is -3.92. The summed E-state index contributed by atoms with van der Waals surface area (Å²) in [6.45, 7) is 0. The fraction of sp³-hybridized carbons (Fsp3) is 0.0417. The van der Waals surface area contributed by atoms with Crippen LogP contribution in [0.2, 0.25) is 0 Å². The molecule has 5 rings (SSSR count). The smallest absolute Gasteiger partial charge is 0.269 e. The Kier molecular flexibility index (Phi) is 5.91. The minimum absolute atomic E-state index is 0.0842. The molecule has 0 saturated carbocycles. The molecule has 0 saturated heterocycles. The van der Waals surface area contributed by atoms with E-state index in [1.165, 1.54) is 0 Å². The first kappa shape index (κ1) is 22.1. The summed E-state index contributed by atoms with van der Waals surface area (Å²) in [5.41, 5.74) is 7.39. The van der Waals surface area contributed by atoms with Crippen LogP contribution in [0.3, 0.4) is 0 Å². The van der Waals surface area contributed by atoms with Crippen molar-refractivity contribution in [1.82, 2.24) is 4.98 Å². The van der Waals surface area contributed by atoms with Crippen molar-refractivity contribution in [1.29, 1.82) is 0 Å². The van der Waals surface area contributed by atoms with Crippen LogP contribution in [0.5, 0.6) is 0 Å². The van der Waals surface area contributed by atoms with E-state index < -0.39 is 10.1 Å². The number of hydrogen-bond acceptors (Lipinski definition) is 5. The molecule has 3 aromatic carbocycles. The molecule has 1 aliphatic rings. The second-order valence-electron chi connectivity index (χ2n) is 7.38. The number of nitro benzene ring substituents is 1. The van der Waals surface area contributed by atoms with E-state index in [4.69, 9.17) is 13.0 Å². The van der Waals surface area contributed by atoms with Crippen LogP contribution in [0.25, 0.3) is 22.0 Å². The molecule has 9 heteroatoms. The van der Waals surface area contributed by atoms with Gasteiger partial charge in [-0.05, 0) is 29.8 Å². The lowest BCUT2D eigenvalue weighted by atomic mass is 9.90. The van der Waals surface area contributed by atoms with E-state index in [9.17, 15) is 10.1 Å². The van der Waals surface area contributed by atoms with Gasteiger partial charge < -0.3 is 9.54 Å². The van der Waals surface area contributed by atoms with Gasteiger partial charge in [0.1, 0.15) is 0 Å². The summed E-state index contributed by atoms with van der Waals surface area (Å²) in [5, 5.41) is 12.2. The number of H-pyrrole nitrogens is 1. The quantitative estimate of drug-likeness (QED) is 0.275. The number of nitro groups is 1. The summed E-state index contributed by atoms with van der Waals surface area (Å²) >= 11 is 0. The zero-order valence-electron chi connectivity index (χ0n) is 17.5. The molecule has 0 atom stereocenters. The summed E-state index contributed by atoms with van der Waals surface area (Å²) < 4.78 is 27.2. The van der Waals surface area contributed by atoms with Crippen molar-refractivity contribution < 1.29 is 22.9 Å². The van der Waals surface area contributed by atoms with Crippen molar-refractivity contribution in [2.24, 2.45) is 0 Å². The lowest BCUT2D eigenvalue weighted by molar-refractivity contribution is -0.384. The number of fused-ring (bicyclic) bond motifs is 2. The monoisotopic (exact) mass is 461 g/mol. The number of aromatic amines is 1.